The van der Waals surface area contributed by atoms with Gasteiger partial charge in [0.05, 0.1) is 30.8 Å². The average molecular weight is 607 g/mol. The first-order valence-electron chi connectivity index (χ1n) is 15.0. The van der Waals surface area contributed by atoms with Crippen LogP contribution in [-0.2, 0) is 17.9 Å². The van der Waals surface area contributed by atoms with Crippen LogP contribution >= 0.6 is 0 Å². The van der Waals surface area contributed by atoms with Crippen molar-refractivity contribution in [3.8, 4) is 17.0 Å². The number of methoxy groups -OCH3 is 1. The van der Waals surface area contributed by atoms with Gasteiger partial charge in [-0.3, -0.25) is 9.69 Å². The number of rotatable bonds is 8. The van der Waals surface area contributed by atoms with Crippen LogP contribution in [0.3, 0.4) is 0 Å². The first kappa shape index (κ1) is 31.2. The Morgan fingerprint density at radius 1 is 1.07 bits per heavy atom. The smallest absolute Gasteiger partial charge is 0.300 e. The summed E-state index contributed by atoms with van der Waals surface area (Å²) in [6.07, 6.45) is 5.98. The molecule has 4 heterocycles. The van der Waals surface area contributed by atoms with E-state index in [1.165, 1.54) is 6.33 Å². The average Bonchev–Trinajstić information content (AvgIpc) is 3.66. The van der Waals surface area contributed by atoms with Gasteiger partial charge >= 0.3 is 0 Å². The van der Waals surface area contributed by atoms with Crippen LogP contribution < -0.4 is 15.8 Å². The van der Waals surface area contributed by atoms with Crippen molar-refractivity contribution in [3.63, 3.8) is 0 Å². The number of nitrogens with two attached hydrogens (primary N) is 1. The lowest BCUT2D eigenvalue weighted by molar-refractivity contribution is -0.134. The Hall–Kier alpha value is -4.20. The number of carbonyl (C=O) groups is 1. The number of likely N-dealkylation sites (N-methyl/N-ethyl adjacent to an activating group) is 1. The quantitative estimate of drug-likeness (QED) is 0.230. The molecule has 0 unspecified atom stereocenters. The summed E-state index contributed by atoms with van der Waals surface area (Å²) in [7, 11) is 3.85. The van der Waals surface area contributed by atoms with Crippen LogP contribution in [-0.4, -0.2) is 92.1 Å². The molecule has 2 fully saturated rings. The number of aromatic nitrogens is 4. The van der Waals surface area contributed by atoms with Crippen LogP contribution in [0.5, 0.6) is 5.75 Å². The molecular weight excluding hydrogens is 564 g/mol. The zero-order valence-electron chi connectivity index (χ0n) is 25.6. The molecular formula is C31H42N8O5. The molecule has 5 N–H and O–H groups in total. The van der Waals surface area contributed by atoms with Gasteiger partial charge in [-0.2, -0.15) is 5.10 Å². The van der Waals surface area contributed by atoms with E-state index in [1.54, 1.807) is 13.2 Å². The number of aliphatic carboxylic acids is 1. The number of nitrogens with zero attached hydrogens (tertiary/aromatic N) is 6. The van der Waals surface area contributed by atoms with Gasteiger partial charge in [0.2, 0.25) is 0 Å². The molecule has 3 aromatic heterocycles. The van der Waals surface area contributed by atoms with Gasteiger partial charge in [0.1, 0.15) is 41.7 Å². The third-order valence-corrected chi connectivity index (χ3v) is 8.39. The zero-order chi connectivity index (χ0) is 31.2. The maximum atomic E-state index is 9.25. The summed E-state index contributed by atoms with van der Waals surface area (Å²) >= 11 is 0. The number of aliphatic hydroxyl groups is 1. The Morgan fingerprint density at radius 3 is 2.41 bits per heavy atom. The molecule has 4 aromatic rings. The van der Waals surface area contributed by atoms with Crippen molar-refractivity contribution in [2.45, 2.75) is 57.8 Å². The fourth-order valence-electron chi connectivity index (χ4n) is 6.08. The Bertz CT molecular complexity index is 1550. The molecule has 1 saturated heterocycles. The lowest BCUT2D eigenvalue weighted by Crippen LogP contribution is -2.49. The molecule has 0 atom stereocenters. The summed E-state index contributed by atoms with van der Waals surface area (Å²) in [5.74, 6) is 1.54. The van der Waals surface area contributed by atoms with Crippen LogP contribution in [0.1, 0.15) is 50.2 Å². The lowest BCUT2D eigenvalue weighted by atomic mass is 9.90. The standard InChI is InChI=1S/C29H38N8O3.C2H4O2/c1-35-11-13-36(14-12-35)20-4-6-21(7-5-20)37-29-26(28(30)32-18-33-29)27(34-37)19-3-10-24(25(15-19)39-2)31-16-22-8-9-23(17-38)40-22;1-2(3)4/h3,8-10,15,18,20-21,31,38H,4-7,11-14,16-17H2,1-2H3,(H2,30,32,33);1H3,(H,3,4)/t20-,21+;. The van der Waals surface area contributed by atoms with Crippen LogP contribution in [0.2, 0.25) is 0 Å². The van der Waals surface area contributed by atoms with Gasteiger partial charge in [-0.25, -0.2) is 14.6 Å². The zero-order valence-corrected chi connectivity index (χ0v) is 25.6. The molecule has 0 radical (unpaired) electrons. The molecule has 2 aliphatic rings. The molecule has 0 bridgehead atoms. The van der Waals surface area contributed by atoms with E-state index in [0.29, 0.717) is 29.9 Å². The highest BCUT2D eigenvalue weighted by Gasteiger charge is 2.30. The predicted molar refractivity (Wildman–Crippen MR) is 167 cm³/mol. The number of anilines is 2. The second kappa shape index (κ2) is 14.1. The maximum Gasteiger partial charge on any atom is 0.300 e. The van der Waals surface area contributed by atoms with Crippen molar-refractivity contribution in [1.29, 1.82) is 0 Å². The van der Waals surface area contributed by atoms with Crippen molar-refractivity contribution in [2.75, 3.05) is 51.4 Å². The molecule has 236 valence electrons. The molecule has 13 heteroatoms. The first-order valence-corrected chi connectivity index (χ1v) is 15.0. The molecule has 13 nitrogen and oxygen atoms in total. The fraction of sp³-hybridized carbons (Fsp3) is 0.484. The number of ether oxygens (including phenoxy) is 1. The van der Waals surface area contributed by atoms with Crippen molar-refractivity contribution < 1.29 is 24.2 Å². The van der Waals surface area contributed by atoms with Gasteiger partial charge in [0.15, 0.2) is 5.65 Å². The molecule has 1 aromatic carbocycles. The summed E-state index contributed by atoms with van der Waals surface area (Å²) in [6.45, 7) is 6.03. The fourth-order valence-corrected chi connectivity index (χ4v) is 6.08. The Kier molecular flexibility index (Phi) is 9.98. The predicted octanol–water partition coefficient (Wildman–Crippen LogP) is 3.60. The monoisotopic (exact) mass is 606 g/mol. The van der Waals surface area contributed by atoms with Gasteiger partial charge in [-0.1, -0.05) is 6.07 Å². The molecule has 0 amide bonds. The minimum absolute atomic E-state index is 0.122. The number of hydrogen-bond donors (Lipinski definition) is 4. The number of aliphatic hydroxyl groups excluding tert-OH is 1. The number of carboxylic acid groups (broad SMARTS) is 1. The molecule has 1 aliphatic carbocycles. The Morgan fingerprint density at radius 2 is 1.75 bits per heavy atom. The summed E-state index contributed by atoms with van der Waals surface area (Å²) in [5, 5.41) is 25.9. The van der Waals surface area contributed by atoms with E-state index in [0.717, 1.165) is 92.5 Å². The largest absolute Gasteiger partial charge is 0.495 e. The highest BCUT2D eigenvalue weighted by Crippen LogP contribution is 2.39. The van der Waals surface area contributed by atoms with Crippen LogP contribution in [0.4, 0.5) is 11.5 Å². The normalized spacial score (nSPS) is 19.4. The van der Waals surface area contributed by atoms with Crippen LogP contribution in [0.15, 0.2) is 41.1 Å². The topological polar surface area (TPSA) is 168 Å². The number of hydrogen-bond acceptors (Lipinski definition) is 11. The van der Waals surface area contributed by atoms with Crippen molar-refractivity contribution in [1.82, 2.24) is 29.5 Å². The second-order valence-corrected chi connectivity index (χ2v) is 11.4. The van der Waals surface area contributed by atoms with Gasteiger partial charge in [-0.05, 0) is 57.0 Å². The third kappa shape index (κ3) is 7.12. The van der Waals surface area contributed by atoms with E-state index >= 15 is 0 Å². The van der Waals surface area contributed by atoms with Crippen molar-refractivity contribution in [3.05, 3.63) is 48.2 Å². The van der Waals surface area contributed by atoms with Gasteiger partial charge in [0.25, 0.3) is 5.97 Å². The van der Waals surface area contributed by atoms with Crippen LogP contribution in [0.25, 0.3) is 22.3 Å². The minimum atomic E-state index is -0.833. The van der Waals surface area contributed by atoms with E-state index in [2.05, 4.69) is 36.8 Å². The molecule has 1 saturated carbocycles. The number of nitrogens with one attached hydrogen (secondary N) is 1. The van der Waals surface area contributed by atoms with E-state index in [-0.39, 0.29) is 12.6 Å². The summed E-state index contributed by atoms with van der Waals surface area (Å²) < 4.78 is 13.4. The lowest BCUT2D eigenvalue weighted by Gasteiger charge is -2.41. The van der Waals surface area contributed by atoms with Gasteiger partial charge < -0.3 is 35.3 Å². The maximum absolute atomic E-state index is 9.25. The third-order valence-electron chi connectivity index (χ3n) is 8.39. The number of benzene rings is 1. The number of carboxylic acids is 1. The molecule has 6 rings (SSSR count). The van der Waals surface area contributed by atoms with E-state index in [4.69, 9.17) is 29.9 Å². The Labute approximate surface area is 256 Å². The van der Waals surface area contributed by atoms with E-state index < -0.39 is 5.97 Å². The number of furan rings is 1. The second-order valence-electron chi connectivity index (χ2n) is 11.4. The molecule has 0 spiro atoms. The van der Waals surface area contributed by atoms with Crippen LogP contribution in [0, 0.1) is 0 Å². The van der Waals surface area contributed by atoms with Crippen molar-refractivity contribution in [2.24, 2.45) is 0 Å². The molecule has 44 heavy (non-hydrogen) atoms. The number of fused-ring (bicyclic) bond motifs is 1. The number of nitrogen functional groups attached to an aromatic ring is 1. The van der Waals surface area contributed by atoms with Gasteiger partial charge in [-0.15, -0.1) is 0 Å². The minimum Gasteiger partial charge on any atom is -0.495 e. The summed E-state index contributed by atoms with van der Waals surface area (Å²) in [5.41, 5.74) is 9.66. The van der Waals surface area contributed by atoms with E-state index in [9.17, 15) is 5.11 Å². The first-order chi connectivity index (χ1) is 21.3. The van der Waals surface area contributed by atoms with Crippen molar-refractivity contribution >= 4 is 28.5 Å². The molecule has 1 aliphatic heterocycles. The summed E-state index contributed by atoms with van der Waals surface area (Å²) in [6, 6.07) is 10.5. The van der Waals surface area contributed by atoms with Gasteiger partial charge in [0, 0.05) is 44.7 Å². The Balaban J connectivity index is 0.000000906. The van der Waals surface area contributed by atoms with E-state index in [1.807, 2.05) is 24.3 Å². The SMILES string of the molecule is CC(=O)O.COc1cc(-c2nn([C@H]3CC[C@@H](N4CCN(C)CC4)CC3)c3ncnc(N)c23)ccc1NCc1ccc(CO)o1. The summed E-state index contributed by atoms with van der Waals surface area (Å²) in [4.78, 5) is 23.0. The highest BCUT2D eigenvalue weighted by molar-refractivity contribution is 5.98. The highest BCUT2D eigenvalue weighted by atomic mass is 16.5. The number of piperazine rings is 1.